The molecule has 26 heavy (non-hydrogen) atoms. The molecule has 1 amide bonds. The van der Waals surface area contributed by atoms with Gasteiger partial charge in [-0.3, -0.25) is 4.79 Å². The second kappa shape index (κ2) is 6.77. The highest BCUT2D eigenvalue weighted by Gasteiger charge is 2.18. The van der Waals surface area contributed by atoms with Crippen molar-refractivity contribution in [3.8, 4) is 0 Å². The summed E-state index contributed by atoms with van der Waals surface area (Å²) < 4.78 is 5.55. The number of nitrogens with one attached hydrogen (secondary N) is 1. The van der Waals surface area contributed by atoms with Crippen molar-refractivity contribution in [3.05, 3.63) is 75.1 Å². The van der Waals surface area contributed by atoms with Gasteiger partial charge in [-0.15, -0.1) is 0 Å². The topological polar surface area (TPSA) is 85.3 Å². The Balaban J connectivity index is 1.68. The highest BCUT2D eigenvalue weighted by molar-refractivity contribution is 6.05. The summed E-state index contributed by atoms with van der Waals surface area (Å²) in [7, 11) is 0. The van der Waals surface area contributed by atoms with E-state index in [-0.39, 0.29) is 5.56 Å². The van der Waals surface area contributed by atoms with Gasteiger partial charge < -0.3 is 15.5 Å². The van der Waals surface area contributed by atoms with Gasteiger partial charge in [-0.2, -0.15) is 0 Å². The lowest BCUT2D eigenvalue weighted by Gasteiger charge is -2.16. The van der Waals surface area contributed by atoms with Crippen LogP contribution in [0.3, 0.4) is 0 Å². The van der Waals surface area contributed by atoms with E-state index in [9.17, 15) is 9.59 Å². The molecule has 1 aliphatic rings. The number of anilines is 1. The van der Waals surface area contributed by atoms with E-state index in [1.54, 1.807) is 18.2 Å². The third kappa shape index (κ3) is 3.02. The van der Waals surface area contributed by atoms with Gasteiger partial charge in [0.2, 0.25) is 0 Å². The summed E-state index contributed by atoms with van der Waals surface area (Å²) in [6.07, 6.45) is 4.17. The lowest BCUT2D eigenvalue weighted by Crippen LogP contribution is -2.21. The molecule has 0 atom stereocenters. The van der Waals surface area contributed by atoms with E-state index in [0.29, 0.717) is 17.8 Å². The maximum Gasteiger partial charge on any atom is 0.349 e. The molecular formula is C21H20N2O3. The van der Waals surface area contributed by atoms with Crippen LogP contribution in [0.1, 0.15) is 39.9 Å². The summed E-state index contributed by atoms with van der Waals surface area (Å²) in [5.74, 6) is -0.473. The van der Waals surface area contributed by atoms with Crippen LogP contribution in [0.5, 0.6) is 0 Å². The summed E-state index contributed by atoms with van der Waals surface area (Å²) in [4.78, 5) is 24.9. The zero-order chi connectivity index (χ0) is 18.1. The molecule has 1 aliphatic carbocycles. The Morgan fingerprint density at radius 1 is 1.08 bits per heavy atom. The Hall–Kier alpha value is -2.92. The first-order valence-corrected chi connectivity index (χ1v) is 8.84. The van der Waals surface area contributed by atoms with Crippen LogP contribution in [-0.2, 0) is 19.4 Å². The predicted octanol–water partition coefficient (Wildman–Crippen LogP) is 3.38. The Morgan fingerprint density at radius 3 is 2.62 bits per heavy atom. The van der Waals surface area contributed by atoms with Crippen LogP contribution in [-0.4, -0.2) is 5.91 Å². The molecule has 5 nitrogen and oxygen atoms in total. The van der Waals surface area contributed by atoms with Crippen LogP contribution in [0.4, 0.5) is 5.69 Å². The van der Waals surface area contributed by atoms with Crippen LogP contribution < -0.4 is 16.7 Å². The van der Waals surface area contributed by atoms with Gasteiger partial charge in [0.05, 0.1) is 0 Å². The van der Waals surface area contributed by atoms with E-state index in [1.807, 2.05) is 18.2 Å². The monoisotopic (exact) mass is 348 g/mol. The van der Waals surface area contributed by atoms with E-state index in [0.717, 1.165) is 42.2 Å². The highest BCUT2D eigenvalue weighted by atomic mass is 16.4. The number of carbonyl (C=O) groups excluding carboxylic acids is 1. The summed E-state index contributed by atoms with van der Waals surface area (Å²) >= 11 is 0. The van der Waals surface area contributed by atoms with E-state index < -0.39 is 11.5 Å². The van der Waals surface area contributed by atoms with Crippen molar-refractivity contribution in [1.82, 2.24) is 0 Å². The molecule has 1 heterocycles. The molecule has 0 aliphatic heterocycles. The van der Waals surface area contributed by atoms with Gasteiger partial charge in [0.15, 0.2) is 0 Å². The van der Waals surface area contributed by atoms with Gasteiger partial charge >= 0.3 is 5.63 Å². The molecule has 0 spiro atoms. The second-order valence-electron chi connectivity index (χ2n) is 6.63. The molecule has 0 bridgehead atoms. The smallest absolute Gasteiger partial charge is 0.349 e. The molecule has 1 aromatic heterocycles. The Bertz CT molecular complexity index is 1040. The Morgan fingerprint density at radius 2 is 1.85 bits per heavy atom. The summed E-state index contributed by atoms with van der Waals surface area (Å²) in [5.41, 5.74) is 9.53. The molecule has 2 aromatic carbocycles. The highest BCUT2D eigenvalue weighted by Crippen LogP contribution is 2.28. The van der Waals surface area contributed by atoms with Crippen molar-refractivity contribution >= 4 is 22.6 Å². The van der Waals surface area contributed by atoms with Gasteiger partial charge in [-0.25, -0.2) is 4.79 Å². The average Bonchev–Trinajstić information content (AvgIpc) is 2.68. The number of rotatable bonds is 3. The van der Waals surface area contributed by atoms with Crippen LogP contribution in [0, 0.1) is 0 Å². The molecule has 0 fully saturated rings. The van der Waals surface area contributed by atoms with Crippen molar-refractivity contribution < 1.29 is 9.21 Å². The number of carbonyl (C=O) groups is 1. The van der Waals surface area contributed by atoms with E-state index in [2.05, 4.69) is 11.4 Å². The third-order valence-corrected chi connectivity index (χ3v) is 4.92. The minimum Gasteiger partial charge on any atom is -0.422 e. The number of amides is 1. The van der Waals surface area contributed by atoms with Crippen LogP contribution in [0.25, 0.3) is 11.0 Å². The van der Waals surface area contributed by atoms with Crippen molar-refractivity contribution in [2.45, 2.75) is 32.2 Å². The number of nitrogens with two attached hydrogens (primary N) is 1. The Kier molecular flexibility index (Phi) is 4.31. The van der Waals surface area contributed by atoms with Crippen LogP contribution >= 0.6 is 0 Å². The first-order valence-electron chi connectivity index (χ1n) is 8.84. The second-order valence-corrected chi connectivity index (χ2v) is 6.63. The zero-order valence-corrected chi connectivity index (χ0v) is 14.4. The molecule has 132 valence electrons. The largest absolute Gasteiger partial charge is 0.422 e. The minimum absolute atomic E-state index is 0.0103. The normalized spacial score (nSPS) is 13.4. The fourth-order valence-corrected chi connectivity index (χ4v) is 3.49. The SMILES string of the molecule is NCc1ccc(NC(=O)c2cc3ccc4c(c3oc2=O)CCCC4)cc1. The molecule has 0 unspecified atom stereocenters. The van der Waals surface area contributed by atoms with Gasteiger partial charge in [0.1, 0.15) is 11.1 Å². The fourth-order valence-electron chi connectivity index (χ4n) is 3.49. The van der Waals surface area contributed by atoms with Gasteiger partial charge in [0.25, 0.3) is 5.91 Å². The van der Waals surface area contributed by atoms with Crippen molar-refractivity contribution in [3.63, 3.8) is 0 Å². The first-order chi connectivity index (χ1) is 12.7. The molecule has 0 saturated carbocycles. The standard InChI is InChI=1S/C21H20N2O3/c22-12-13-5-9-16(10-6-13)23-20(24)18-11-15-8-7-14-3-1-2-4-17(14)19(15)26-21(18)25/h5-11H,1-4,12,22H2,(H,23,24). The summed E-state index contributed by atoms with van der Waals surface area (Å²) in [6.45, 7) is 0.437. The van der Waals surface area contributed by atoms with Gasteiger partial charge in [0, 0.05) is 17.6 Å². The molecule has 0 saturated heterocycles. The molecule has 0 radical (unpaired) electrons. The Labute approximate surface area is 150 Å². The van der Waals surface area contributed by atoms with Crippen LogP contribution in [0.2, 0.25) is 0 Å². The quantitative estimate of drug-likeness (QED) is 0.711. The van der Waals surface area contributed by atoms with Gasteiger partial charge in [-0.05, 0) is 60.6 Å². The number of benzene rings is 2. The maximum absolute atomic E-state index is 12.5. The number of aryl methyl sites for hydroxylation is 2. The first kappa shape index (κ1) is 16.5. The summed E-state index contributed by atoms with van der Waals surface area (Å²) in [5, 5.41) is 3.52. The molecule has 4 rings (SSSR count). The van der Waals surface area contributed by atoms with E-state index >= 15 is 0 Å². The van der Waals surface area contributed by atoms with Crippen molar-refractivity contribution in [1.29, 1.82) is 0 Å². The predicted molar refractivity (Wildman–Crippen MR) is 101 cm³/mol. The fraction of sp³-hybridized carbons (Fsp3) is 0.238. The minimum atomic E-state index is -0.604. The van der Waals surface area contributed by atoms with E-state index in [4.69, 9.17) is 10.2 Å². The van der Waals surface area contributed by atoms with Crippen LogP contribution in [0.15, 0.2) is 51.7 Å². The van der Waals surface area contributed by atoms with Crippen molar-refractivity contribution in [2.75, 3.05) is 5.32 Å². The third-order valence-electron chi connectivity index (χ3n) is 4.92. The lowest BCUT2D eigenvalue weighted by atomic mass is 9.90. The lowest BCUT2D eigenvalue weighted by molar-refractivity contribution is 0.102. The number of hydrogen-bond acceptors (Lipinski definition) is 4. The molecule has 3 aromatic rings. The van der Waals surface area contributed by atoms with Crippen molar-refractivity contribution in [2.24, 2.45) is 5.73 Å². The zero-order valence-electron chi connectivity index (χ0n) is 14.4. The number of fused-ring (bicyclic) bond motifs is 3. The maximum atomic E-state index is 12.5. The van der Waals surface area contributed by atoms with Gasteiger partial charge in [-0.1, -0.05) is 24.3 Å². The summed E-state index contributed by atoms with van der Waals surface area (Å²) in [6, 6.07) is 12.8. The number of hydrogen-bond donors (Lipinski definition) is 2. The van der Waals surface area contributed by atoms with E-state index in [1.165, 1.54) is 5.56 Å². The average molecular weight is 348 g/mol. The molecular weight excluding hydrogens is 328 g/mol. The molecule has 3 N–H and O–H groups in total. The molecule has 5 heteroatoms.